The van der Waals surface area contributed by atoms with Crippen LogP contribution in [0.5, 0.6) is 0 Å². The third kappa shape index (κ3) is 5.81. The quantitative estimate of drug-likeness (QED) is 0.595. The highest BCUT2D eigenvalue weighted by Crippen LogP contribution is 2.03. The second-order valence-corrected chi connectivity index (χ2v) is 6.11. The molecule has 110 valence electrons. The Morgan fingerprint density at radius 3 is 2.35 bits per heavy atom. The summed E-state index contributed by atoms with van der Waals surface area (Å²) in [6, 6.07) is 7.38. The number of aliphatic carboxylic acids is 1. The molecular formula is C12H16N2O5S. The molecule has 1 atom stereocenters. The summed E-state index contributed by atoms with van der Waals surface area (Å²) < 4.78 is 25.5. The zero-order valence-electron chi connectivity index (χ0n) is 10.7. The van der Waals surface area contributed by atoms with E-state index in [-0.39, 0.29) is 12.2 Å². The maximum absolute atomic E-state index is 11.8. The normalized spacial score (nSPS) is 12.8. The summed E-state index contributed by atoms with van der Waals surface area (Å²) in [5, 5.41) is 8.84. The van der Waals surface area contributed by atoms with Crippen molar-refractivity contribution < 1.29 is 23.1 Å². The summed E-state index contributed by atoms with van der Waals surface area (Å²) in [7, 11) is -3.81. The number of nitrogens with two attached hydrogens (primary N) is 1. The molecule has 0 aliphatic heterocycles. The molecule has 0 radical (unpaired) electrons. The van der Waals surface area contributed by atoms with E-state index in [1.807, 2.05) is 10.8 Å². The van der Waals surface area contributed by atoms with E-state index in [2.05, 4.69) is 0 Å². The Kier molecular flexibility index (Phi) is 5.66. The largest absolute Gasteiger partial charge is 0.480 e. The fourth-order valence-corrected chi connectivity index (χ4v) is 2.79. The molecule has 1 amide bonds. The number of carboxylic acids is 1. The zero-order chi connectivity index (χ0) is 15.2. The van der Waals surface area contributed by atoms with Gasteiger partial charge in [0.15, 0.2) is 0 Å². The molecule has 0 bridgehead atoms. The lowest BCUT2D eigenvalue weighted by molar-refractivity contribution is -0.140. The predicted octanol–water partition coefficient (Wildman–Crippen LogP) is -0.523. The maximum atomic E-state index is 11.8. The van der Waals surface area contributed by atoms with E-state index < -0.39 is 34.4 Å². The lowest BCUT2D eigenvalue weighted by Crippen LogP contribution is -2.44. The molecule has 0 fully saturated rings. The number of sulfonamides is 1. The van der Waals surface area contributed by atoms with Crippen molar-refractivity contribution in [1.82, 2.24) is 4.72 Å². The molecule has 0 aromatic heterocycles. The summed E-state index contributed by atoms with van der Waals surface area (Å²) in [5.41, 5.74) is 5.70. The van der Waals surface area contributed by atoms with Gasteiger partial charge in [-0.05, 0) is 12.0 Å². The van der Waals surface area contributed by atoms with Crippen molar-refractivity contribution in [2.75, 3.05) is 5.75 Å². The van der Waals surface area contributed by atoms with Crippen LogP contribution in [0.15, 0.2) is 30.3 Å². The second-order valence-electron chi connectivity index (χ2n) is 4.23. The average Bonchev–Trinajstić information content (AvgIpc) is 2.36. The minimum Gasteiger partial charge on any atom is -0.480 e. The van der Waals surface area contributed by atoms with Gasteiger partial charge in [-0.25, -0.2) is 13.1 Å². The highest BCUT2D eigenvalue weighted by molar-refractivity contribution is 7.89. The molecule has 1 unspecified atom stereocenters. The van der Waals surface area contributed by atoms with Gasteiger partial charge in [0, 0.05) is 0 Å². The summed E-state index contributed by atoms with van der Waals surface area (Å²) >= 11 is 0. The van der Waals surface area contributed by atoms with E-state index in [4.69, 9.17) is 10.8 Å². The van der Waals surface area contributed by atoms with E-state index in [1.54, 1.807) is 24.3 Å². The van der Waals surface area contributed by atoms with Crippen LogP contribution in [0.2, 0.25) is 0 Å². The zero-order valence-corrected chi connectivity index (χ0v) is 11.5. The fourth-order valence-electron chi connectivity index (χ4n) is 1.55. The highest BCUT2D eigenvalue weighted by Gasteiger charge is 2.25. The third-order valence-corrected chi connectivity index (χ3v) is 3.91. The molecule has 4 N–H and O–H groups in total. The van der Waals surface area contributed by atoms with Gasteiger partial charge in [0.2, 0.25) is 15.9 Å². The Morgan fingerprint density at radius 2 is 1.85 bits per heavy atom. The fraction of sp³-hybridized carbons (Fsp3) is 0.333. The van der Waals surface area contributed by atoms with Crippen LogP contribution in [0, 0.1) is 0 Å². The molecule has 1 aromatic carbocycles. The van der Waals surface area contributed by atoms with Crippen LogP contribution in [0.4, 0.5) is 0 Å². The second kappa shape index (κ2) is 7.01. The van der Waals surface area contributed by atoms with Crippen LogP contribution in [0.25, 0.3) is 0 Å². The minimum absolute atomic E-state index is 0.249. The molecule has 20 heavy (non-hydrogen) atoms. The molecule has 1 aromatic rings. The molecule has 0 saturated carbocycles. The first-order valence-corrected chi connectivity index (χ1v) is 7.50. The van der Waals surface area contributed by atoms with Crippen LogP contribution in [0.1, 0.15) is 12.0 Å². The van der Waals surface area contributed by atoms with E-state index in [1.165, 1.54) is 0 Å². The SMILES string of the molecule is NC(=O)CC(NS(=O)(=O)CCc1ccccc1)C(=O)O. The van der Waals surface area contributed by atoms with Gasteiger partial charge >= 0.3 is 5.97 Å². The van der Waals surface area contributed by atoms with Gasteiger partial charge in [-0.1, -0.05) is 30.3 Å². The first kappa shape index (κ1) is 16.1. The molecule has 0 aliphatic carbocycles. The van der Waals surface area contributed by atoms with Gasteiger partial charge in [0.25, 0.3) is 0 Å². The van der Waals surface area contributed by atoms with Crippen molar-refractivity contribution >= 4 is 21.9 Å². The van der Waals surface area contributed by atoms with Gasteiger partial charge < -0.3 is 10.8 Å². The Balaban J connectivity index is 2.63. The number of nitrogens with one attached hydrogen (secondary N) is 1. The number of carbonyl (C=O) groups is 2. The summed E-state index contributed by atoms with van der Waals surface area (Å²) in [4.78, 5) is 21.6. The molecule has 0 aliphatic rings. The number of amides is 1. The van der Waals surface area contributed by atoms with Crippen molar-refractivity contribution in [2.24, 2.45) is 5.73 Å². The molecule has 1 rings (SSSR count). The summed E-state index contributed by atoms with van der Waals surface area (Å²) in [6.07, 6.45) is -0.334. The van der Waals surface area contributed by atoms with Gasteiger partial charge in [-0.2, -0.15) is 0 Å². The smallest absolute Gasteiger partial charge is 0.322 e. The highest BCUT2D eigenvalue weighted by atomic mass is 32.2. The van der Waals surface area contributed by atoms with E-state index in [9.17, 15) is 18.0 Å². The van der Waals surface area contributed by atoms with Crippen LogP contribution in [-0.4, -0.2) is 37.2 Å². The molecule has 7 nitrogen and oxygen atoms in total. The number of carbonyl (C=O) groups excluding carboxylic acids is 1. The molecule has 0 heterocycles. The number of hydrogen-bond acceptors (Lipinski definition) is 4. The molecule has 8 heteroatoms. The minimum atomic E-state index is -3.81. The lowest BCUT2D eigenvalue weighted by Gasteiger charge is -2.13. The van der Waals surface area contributed by atoms with Crippen molar-refractivity contribution in [3.8, 4) is 0 Å². The van der Waals surface area contributed by atoms with E-state index in [0.717, 1.165) is 5.56 Å². The first-order valence-electron chi connectivity index (χ1n) is 5.85. The Labute approximate surface area is 116 Å². The maximum Gasteiger partial charge on any atom is 0.322 e. The average molecular weight is 300 g/mol. The lowest BCUT2D eigenvalue weighted by atomic mass is 10.2. The Morgan fingerprint density at radius 1 is 1.25 bits per heavy atom. The summed E-state index contributed by atoms with van der Waals surface area (Å²) in [5.74, 6) is -2.59. The van der Waals surface area contributed by atoms with Crippen LogP contribution < -0.4 is 10.5 Å². The Hall–Kier alpha value is -1.93. The molecular weight excluding hydrogens is 284 g/mol. The van der Waals surface area contributed by atoms with E-state index >= 15 is 0 Å². The topological polar surface area (TPSA) is 127 Å². The number of primary amides is 1. The van der Waals surface area contributed by atoms with Gasteiger partial charge in [0.1, 0.15) is 6.04 Å². The predicted molar refractivity (Wildman–Crippen MR) is 72.3 cm³/mol. The number of carboxylic acid groups (broad SMARTS) is 1. The number of benzene rings is 1. The van der Waals surface area contributed by atoms with Gasteiger partial charge in [0.05, 0.1) is 12.2 Å². The number of rotatable bonds is 8. The number of hydrogen-bond donors (Lipinski definition) is 3. The van der Waals surface area contributed by atoms with Crippen molar-refractivity contribution in [2.45, 2.75) is 18.9 Å². The van der Waals surface area contributed by atoms with E-state index in [0.29, 0.717) is 0 Å². The molecule has 0 spiro atoms. The first-order chi connectivity index (χ1) is 9.30. The van der Waals surface area contributed by atoms with Gasteiger partial charge in [-0.15, -0.1) is 0 Å². The standard InChI is InChI=1S/C12H16N2O5S/c13-11(15)8-10(12(16)17)14-20(18,19)7-6-9-4-2-1-3-5-9/h1-5,10,14H,6-8H2,(H2,13,15)(H,16,17). The molecule has 0 saturated heterocycles. The van der Waals surface area contributed by atoms with Crippen molar-refractivity contribution in [1.29, 1.82) is 0 Å². The van der Waals surface area contributed by atoms with Crippen molar-refractivity contribution in [3.63, 3.8) is 0 Å². The number of aryl methyl sites for hydroxylation is 1. The van der Waals surface area contributed by atoms with Crippen LogP contribution in [0.3, 0.4) is 0 Å². The van der Waals surface area contributed by atoms with Gasteiger partial charge in [-0.3, -0.25) is 9.59 Å². The Bertz CT molecular complexity index is 571. The summed E-state index contributed by atoms with van der Waals surface area (Å²) in [6.45, 7) is 0. The van der Waals surface area contributed by atoms with Crippen LogP contribution >= 0.6 is 0 Å². The monoisotopic (exact) mass is 300 g/mol. The van der Waals surface area contributed by atoms with Crippen LogP contribution in [-0.2, 0) is 26.0 Å². The van der Waals surface area contributed by atoms with Crippen molar-refractivity contribution in [3.05, 3.63) is 35.9 Å². The third-order valence-electron chi connectivity index (χ3n) is 2.53.